The van der Waals surface area contributed by atoms with E-state index < -0.39 is 44.5 Å². The number of hydrogen-bond acceptors (Lipinski definition) is 7. The number of benzene rings is 1. The minimum Gasteiger partial charge on any atom is -0.350 e. The summed E-state index contributed by atoms with van der Waals surface area (Å²) in [7, 11) is -3.96. The van der Waals surface area contributed by atoms with Crippen molar-refractivity contribution in [3.63, 3.8) is 0 Å². The van der Waals surface area contributed by atoms with Gasteiger partial charge in [0.1, 0.15) is 4.75 Å². The molecule has 1 aromatic rings. The number of rotatable bonds is 13. The fourth-order valence-corrected chi connectivity index (χ4v) is 6.67. The second-order valence-corrected chi connectivity index (χ2v) is 13.0. The maximum Gasteiger partial charge on any atom is 0.249 e. The standard InChI is InChI=1S/C27H43N3O6S/c1-19(2)17-22(25(31)29-28)24(26(32)30-36-23-13-9-10-16-35-23)27(18-20(3)4,37(5,33)34)15-14-21-11-7-6-8-12-21/h6-8,11-12,14-15,19-20,22-24H,9-10,13,16-18,28H2,1-5H3,(H,29,31)(H,30,32)/t22-,23?,24+,27?/m1/s1. The van der Waals surface area contributed by atoms with E-state index in [-0.39, 0.29) is 24.7 Å². The minimum atomic E-state index is -3.96. The smallest absolute Gasteiger partial charge is 0.249 e. The van der Waals surface area contributed by atoms with E-state index in [4.69, 9.17) is 15.4 Å². The molecule has 2 unspecified atom stereocenters. The molecule has 9 nitrogen and oxygen atoms in total. The third-order valence-corrected chi connectivity index (χ3v) is 8.56. The quantitative estimate of drug-likeness (QED) is 0.199. The van der Waals surface area contributed by atoms with Gasteiger partial charge in [-0.25, -0.2) is 24.6 Å². The van der Waals surface area contributed by atoms with Crippen LogP contribution in [0.15, 0.2) is 36.4 Å². The zero-order chi connectivity index (χ0) is 27.6. The van der Waals surface area contributed by atoms with Crippen LogP contribution in [0, 0.1) is 23.7 Å². The number of carbonyl (C=O) groups excluding carboxylic acids is 2. The van der Waals surface area contributed by atoms with Gasteiger partial charge < -0.3 is 4.74 Å². The van der Waals surface area contributed by atoms with Crippen molar-refractivity contribution in [2.24, 2.45) is 29.5 Å². The predicted octanol–water partition coefficient (Wildman–Crippen LogP) is 3.37. The van der Waals surface area contributed by atoms with Crippen LogP contribution in [0.1, 0.15) is 65.4 Å². The van der Waals surface area contributed by atoms with Crippen molar-refractivity contribution in [3.8, 4) is 0 Å². The van der Waals surface area contributed by atoms with Gasteiger partial charge in [-0.15, -0.1) is 0 Å². The molecule has 0 aliphatic carbocycles. The summed E-state index contributed by atoms with van der Waals surface area (Å²) < 4.78 is 31.2. The average Bonchev–Trinajstić information content (AvgIpc) is 2.85. The van der Waals surface area contributed by atoms with Crippen LogP contribution in [0.2, 0.25) is 0 Å². The first kappa shape index (κ1) is 31.0. The molecule has 2 rings (SSSR count). The van der Waals surface area contributed by atoms with Crippen molar-refractivity contribution in [2.45, 2.75) is 70.8 Å². The maximum absolute atomic E-state index is 13.9. The summed E-state index contributed by atoms with van der Waals surface area (Å²) in [6.45, 7) is 8.09. The summed E-state index contributed by atoms with van der Waals surface area (Å²) in [6, 6.07) is 9.23. The van der Waals surface area contributed by atoms with Gasteiger partial charge in [-0.3, -0.25) is 15.0 Å². The fraction of sp³-hybridized carbons (Fsp3) is 0.630. The van der Waals surface area contributed by atoms with Gasteiger partial charge in [-0.05, 0) is 43.1 Å². The van der Waals surface area contributed by atoms with Gasteiger partial charge in [-0.2, -0.15) is 0 Å². The third-order valence-electron chi connectivity index (χ3n) is 6.62. The van der Waals surface area contributed by atoms with Crippen molar-refractivity contribution in [1.29, 1.82) is 0 Å². The fourth-order valence-electron chi connectivity index (χ4n) is 4.99. The summed E-state index contributed by atoms with van der Waals surface area (Å²) >= 11 is 0. The first-order valence-corrected chi connectivity index (χ1v) is 14.8. The van der Waals surface area contributed by atoms with E-state index in [1.807, 2.05) is 58.0 Å². The average molecular weight is 538 g/mol. The molecule has 1 aliphatic rings. The molecule has 0 aromatic heterocycles. The number of nitrogens with two attached hydrogens (primary N) is 1. The largest absolute Gasteiger partial charge is 0.350 e. The number of sulfone groups is 1. The summed E-state index contributed by atoms with van der Waals surface area (Å²) in [6.07, 6.45) is 6.48. The molecule has 1 saturated heterocycles. The van der Waals surface area contributed by atoms with Crippen LogP contribution in [0.3, 0.4) is 0 Å². The summed E-state index contributed by atoms with van der Waals surface area (Å²) in [4.78, 5) is 32.6. The van der Waals surface area contributed by atoms with E-state index in [9.17, 15) is 18.0 Å². The Balaban J connectivity index is 2.69. The van der Waals surface area contributed by atoms with Crippen LogP contribution in [-0.2, 0) is 29.0 Å². The number of amides is 2. The van der Waals surface area contributed by atoms with Gasteiger partial charge in [-0.1, -0.05) is 70.2 Å². The zero-order valence-electron chi connectivity index (χ0n) is 22.6. The molecule has 4 atom stereocenters. The van der Waals surface area contributed by atoms with E-state index >= 15 is 0 Å². The Bertz CT molecular complexity index is 1010. The third kappa shape index (κ3) is 8.63. The van der Waals surface area contributed by atoms with E-state index in [1.54, 1.807) is 12.2 Å². The number of carbonyl (C=O) groups is 2. The number of hydrazine groups is 1. The topological polar surface area (TPSA) is 137 Å². The molecule has 2 amide bonds. The molecule has 4 N–H and O–H groups in total. The molecule has 1 fully saturated rings. The summed E-state index contributed by atoms with van der Waals surface area (Å²) in [5.41, 5.74) is 5.38. The van der Waals surface area contributed by atoms with E-state index in [1.165, 1.54) is 0 Å². The molecule has 0 radical (unpaired) electrons. The molecule has 10 heteroatoms. The Hall–Kier alpha value is -2.27. The SMILES string of the molecule is CC(C)C[C@@H](C(=O)NN)[C@@H](C(=O)NOC1CCCCO1)C(C=Cc1ccccc1)(CC(C)C)S(C)(=O)=O. The van der Waals surface area contributed by atoms with Crippen molar-refractivity contribution in [3.05, 3.63) is 42.0 Å². The molecule has 37 heavy (non-hydrogen) atoms. The molecular weight excluding hydrogens is 494 g/mol. The highest BCUT2D eigenvalue weighted by atomic mass is 32.2. The van der Waals surface area contributed by atoms with E-state index in [0.29, 0.717) is 13.0 Å². The second-order valence-electron chi connectivity index (χ2n) is 10.7. The highest BCUT2D eigenvalue weighted by Crippen LogP contribution is 2.42. The molecule has 0 saturated carbocycles. The molecule has 1 aliphatic heterocycles. The highest BCUT2D eigenvalue weighted by Gasteiger charge is 2.54. The number of hydrogen-bond donors (Lipinski definition) is 3. The van der Waals surface area contributed by atoms with Gasteiger partial charge in [0.05, 0.1) is 11.8 Å². The first-order valence-electron chi connectivity index (χ1n) is 12.9. The number of nitrogens with one attached hydrogen (secondary N) is 2. The maximum atomic E-state index is 13.9. The second kappa shape index (κ2) is 14.0. The lowest BCUT2D eigenvalue weighted by molar-refractivity contribution is -0.203. The predicted molar refractivity (Wildman–Crippen MR) is 144 cm³/mol. The Morgan fingerprint density at radius 2 is 1.81 bits per heavy atom. The van der Waals surface area contributed by atoms with Gasteiger partial charge in [0.25, 0.3) is 0 Å². The Labute approximate surface area is 221 Å². The number of ether oxygens (including phenoxy) is 1. The van der Waals surface area contributed by atoms with Gasteiger partial charge in [0, 0.05) is 19.3 Å². The number of hydroxylamine groups is 1. The Kier molecular flexibility index (Phi) is 11.7. The van der Waals surface area contributed by atoms with Crippen molar-refractivity contribution >= 4 is 27.7 Å². The molecule has 0 bridgehead atoms. The minimum absolute atomic E-state index is 0.0189. The van der Waals surface area contributed by atoms with Crippen molar-refractivity contribution in [1.82, 2.24) is 10.9 Å². The van der Waals surface area contributed by atoms with Crippen LogP contribution >= 0.6 is 0 Å². The van der Waals surface area contributed by atoms with Crippen LogP contribution in [0.25, 0.3) is 6.08 Å². The van der Waals surface area contributed by atoms with Crippen LogP contribution in [-0.4, -0.2) is 44.1 Å². The van der Waals surface area contributed by atoms with E-state index in [0.717, 1.165) is 24.7 Å². The van der Waals surface area contributed by atoms with E-state index in [2.05, 4.69) is 10.9 Å². The molecule has 0 spiro atoms. The van der Waals surface area contributed by atoms with Crippen LogP contribution in [0.4, 0.5) is 0 Å². The Morgan fingerprint density at radius 1 is 1.14 bits per heavy atom. The van der Waals surface area contributed by atoms with Gasteiger partial charge >= 0.3 is 0 Å². The molecule has 1 aromatic carbocycles. The highest BCUT2D eigenvalue weighted by molar-refractivity contribution is 7.92. The lowest BCUT2D eigenvalue weighted by Gasteiger charge is -2.41. The lowest BCUT2D eigenvalue weighted by atomic mass is 9.72. The van der Waals surface area contributed by atoms with Crippen molar-refractivity contribution < 1.29 is 27.6 Å². The first-order chi connectivity index (χ1) is 17.4. The molecular formula is C27H43N3O6S. The summed E-state index contributed by atoms with van der Waals surface area (Å²) in [5, 5.41) is 0. The van der Waals surface area contributed by atoms with Crippen molar-refractivity contribution in [2.75, 3.05) is 12.9 Å². The zero-order valence-corrected chi connectivity index (χ0v) is 23.4. The van der Waals surface area contributed by atoms with Gasteiger partial charge in [0.15, 0.2) is 16.1 Å². The monoisotopic (exact) mass is 537 g/mol. The van der Waals surface area contributed by atoms with Crippen LogP contribution in [0.5, 0.6) is 0 Å². The van der Waals surface area contributed by atoms with Crippen LogP contribution < -0.4 is 16.7 Å². The molecule has 208 valence electrons. The normalized spacial score (nSPS) is 19.9. The Morgan fingerprint density at radius 3 is 2.32 bits per heavy atom. The summed E-state index contributed by atoms with van der Waals surface area (Å²) in [5.74, 6) is 1.75. The lowest BCUT2D eigenvalue weighted by Crippen LogP contribution is -2.58. The molecule has 1 heterocycles. The van der Waals surface area contributed by atoms with Gasteiger partial charge in [0.2, 0.25) is 11.8 Å².